The molecule has 2 atom stereocenters. The third kappa shape index (κ3) is 3.19. The Morgan fingerprint density at radius 1 is 1.65 bits per heavy atom. The number of anilines is 2. The summed E-state index contributed by atoms with van der Waals surface area (Å²) in [6.45, 7) is 3.09. The topological polar surface area (TPSA) is 107 Å². The van der Waals surface area contributed by atoms with Crippen molar-refractivity contribution in [1.29, 1.82) is 0 Å². The molecular weight excluding hydrogens is 362 g/mol. The van der Waals surface area contributed by atoms with E-state index >= 15 is 0 Å². The van der Waals surface area contributed by atoms with E-state index < -0.39 is 12.0 Å². The number of H-pyrrole nitrogens is 1. The fraction of sp³-hybridized carbons (Fsp3) is 0.467. The van der Waals surface area contributed by atoms with E-state index in [-0.39, 0.29) is 6.04 Å². The average molecular weight is 382 g/mol. The molecule has 0 saturated carbocycles. The van der Waals surface area contributed by atoms with E-state index in [1.165, 1.54) is 6.92 Å². The maximum Gasteiger partial charge on any atom is 0.252 e. The Hall–Kier alpha value is -1.64. The first-order chi connectivity index (χ1) is 11.0. The van der Waals surface area contributed by atoms with E-state index in [0.29, 0.717) is 11.3 Å². The molecule has 7 nitrogen and oxygen atoms in total. The minimum absolute atomic E-state index is 0.133. The third-order valence-corrected chi connectivity index (χ3v) is 4.62. The molecule has 1 aliphatic rings. The maximum atomic E-state index is 11.8. The summed E-state index contributed by atoms with van der Waals surface area (Å²) in [6.07, 6.45) is 4.40. The van der Waals surface area contributed by atoms with E-state index in [2.05, 4.69) is 36.1 Å². The van der Waals surface area contributed by atoms with Gasteiger partial charge < -0.3 is 26.0 Å². The van der Waals surface area contributed by atoms with Crippen LogP contribution in [0.5, 0.6) is 0 Å². The van der Waals surface area contributed by atoms with Crippen LogP contribution in [-0.2, 0) is 4.79 Å². The summed E-state index contributed by atoms with van der Waals surface area (Å²) in [5.74, 6) is -0.452. The standard InChI is InChI=1S/C15H20BrN5O2/c1-8(22)15(23)20-11-6-19-14-12(11)13(10(16)5-18-14)21-4-2-3-9(17)7-21/h5-6,8-9,22H,2-4,7,17H2,1H3,(H,18,19)(H,20,23)/t8-,9+/m0/s1. The number of piperidine rings is 1. The number of aromatic amines is 1. The Kier molecular flexibility index (Phi) is 4.56. The summed E-state index contributed by atoms with van der Waals surface area (Å²) in [4.78, 5) is 21.5. The first-order valence-electron chi connectivity index (χ1n) is 7.62. The van der Waals surface area contributed by atoms with Crippen molar-refractivity contribution >= 4 is 44.2 Å². The molecule has 1 saturated heterocycles. The van der Waals surface area contributed by atoms with Crippen LogP contribution >= 0.6 is 15.9 Å². The third-order valence-electron chi connectivity index (χ3n) is 4.04. The van der Waals surface area contributed by atoms with Gasteiger partial charge in [0.05, 0.1) is 21.2 Å². The van der Waals surface area contributed by atoms with Gasteiger partial charge in [0.1, 0.15) is 11.8 Å². The number of aliphatic hydroxyl groups excluding tert-OH is 1. The first-order valence-corrected chi connectivity index (χ1v) is 8.41. The number of carbonyl (C=O) groups excluding carboxylic acids is 1. The molecule has 3 heterocycles. The van der Waals surface area contributed by atoms with Gasteiger partial charge in [-0.25, -0.2) is 4.98 Å². The van der Waals surface area contributed by atoms with Crippen molar-refractivity contribution in [1.82, 2.24) is 9.97 Å². The molecule has 0 aromatic carbocycles. The van der Waals surface area contributed by atoms with Crippen molar-refractivity contribution < 1.29 is 9.90 Å². The Bertz CT molecular complexity index is 730. The molecule has 2 aromatic rings. The molecule has 3 rings (SSSR count). The van der Waals surface area contributed by atoms with Crippen molar-refractivity contribution in [3.8, 4) is 0 Å². The molecule has 1 fully saturated rings. The Labute approximate surface area is 142 Å². The van der Waals surface area contributed by atoms with Gasteiger partial charge >= 0.3 is 0 Å². The highest BCUT2D eigenvalue weighted by Gasteiger charge is 2.24. The van der Waals surface area contributed by atoms with Crippen LogP contribution in [-0.4, -0.2) is 46.2 Å². The van der Waals surface area contributed by atoms with E-state index in [9.17, 15) is 9.90 Å². The van der Waals surface area contributed by atoms with Gasteiger partial charge in [0, 0.05) is 31.5 Å². The Balaban J connectivity index is 2.06. The SMILES string of the molecule is C[C@H](O)C(=O)Nc1c[nH]c2ncc(Br)c(N3CCC[C@@H](N)C3)c12. The van der Waals surface area contributed by atoms with Gasteiger partial charge in [-0.05, 0) is 35.7 Å². The predicted molar refractivity (Wildman–Crippen MR) is 93.5 cm³/mol. The highest BCUT2D eigenvalue weighted by atomic mass is 79.9. The van der Waals surface area contributed by atoms with E-state index in [4.69, 9.17) is 5.73 Å². The quantitative estimate of drug-likeness (QED) is 0.645. The second-order valence-electron chi connectivity index (χ2n) is 5.89. The molecule has 0 unspecified atom stereocenters. The zero-order valence-corrected chi connectivity index (χ0v) is 14.4. The number of halogens is 1. The summed E-state index contributed by atoms with van der Waals surface area (Å²) in [5, 5.41) is 13.0. The van der Waals surface area contributed by atoms with Gasteiger partial charge in [-0.2, -0.15) is 0 Å². The highest BCUT2D eigenvalue weighted by Crippen LogP contribution is 2.38. The van der Waals surface area contributed by atoms with Gasteiger partial charge in [0.2, 0.25) is 0 Å². The fourth-order valence-corrected chi connectivity index (χ4v) is 3.47. The number of hydrogen-bond acceptors (Lipinski definition) is 5. The second kappa shape index (κ2) is 6.46. The second-order valence-corrected chi connectivity index (χ2v) is 6.75. The van der Waals surface area contributed by atoms with Crippen LogP contribution in [0.15, 0.2) is 16.9 Å². The molecule has 0 radical (unpaired) electrons. The van der Waals surface area contributed by atoms with Crippen molar-refractivity contribution in [3.63, 3.8) is 0 Å². The molecule has 0 spiro atoms. The lowest BCUT2D eigenvalue weighted by Gasteiger charge is -2.33. The summed E-state index contributed by atoms with van der Waals surface area (Å²) in [7, 11) is 0. The average Bonchev–Trinajstić information content (AvgIpc) is 2.90. The zero-order chi connectivity index (χ0) is 16.6. The fourth-order valence-electron chi connectivity index (χ4n) is 2.91. The number of amides is 1. The van der Waals surface area contributed by atoms with Crippen LogP contribution in [0, 0.1) is 0 Å². The number of aromatic nitrogens is 2. The summed E-state index contributed by atoms with van der Waals surface area (Å²) in [5.41, 5.74) is 8.36. The lowest BCUT2D eigenvalue weighted by atomic mass is 10.1. The molecule has 124 valence electrons. The highest BCUT2D eigenvalue weighted by molar-refractivity contribution is 9.10. The zero-order valence-electron chi connectivity index (χ0n) is 12.8. The van der Waals surface area contributed by atoms with E-state index in [1.807, 2.05) is 0 Å². The molecule has 1 amide bonds. The normalized spacial score (nSPS) is 19.8. The van der Waals surface area contributed by atoms with Gasteiger partial charge in [0.25, 0.3) is 5.91 Å². The Morgan fingerprint density at radius 2 is 2.43 bits per heavy atom. The summed E-state index contributed by atoms with van der Waals surface area (Å²) >= 11 is 3.57. The number of rotatable bonds is 3. The smallest absolute Gasteiger partial charge is 0.252 e. The molecule has 5 N–H and O–H groups in total. The summed E-state index contributed by atoms with van der Waals surface area (Å²) in [6, 6.07) is 0.133. The van der Waals surface area contributed by atoms with Gasteiger partial charge in [-0.1, -0.05) is 0 Å². The maximum absolute atomic E-state index is 11.8. The number of fused-ring (bicyclic) bond motifs is 1. The van der Waals surface area contributed by atoms with Crippen LogP contribution in [0.3, 0.4) is 0 Å². The monoisotopic (exact) mass is 381 g/mol. The van der Waals surface area contributed by atoms with Gasteiger partial charge in [-0.3, -0.25) is 4.79 Å². The molecule has 2 aromatic heterocycles. The van der Waals surface area contributed by atoms with Gasteiger partial charge in [-0.15, -0.1) is 0 Å². The van der Waals surface area contributed by atoms with Crippen LogP contribution in [0.2, 0.25) is 0 Å². The lowest BCUT2D eigenvalue weighted by Crippen LogP contribution is -2.43. The van der Waals surface area contributed by atoms with Crippen LogP contribution in [0.25, 0.3) is 11.0 Å². The van der Waals surface area contributed by atoms with Crippen LogP contribution in [0.4, 0.5) is 11.4 Å². The Morgan fingerprint density at radius 3 is 3.13 bits per heavy atom. The lowest BCUT2D eigenvalue weighted by molar-refractivity contribution is -0.123. The van der Waals surface area contributed by atoms with Crippen molar-refractivity contribution in [2.75, 3.05) is 23.3 Å². The summed E-state index contributed by atoms with van der Waals surface area (Å²) < 4.78 is 0.853. The number of nitrogens with zero attached hydrogens (tertiary/aromatic N) is 2. The molecule has 23 heavy (non-hydrogen) atoms. The largest absolute Gasteiger partial charge is 0.384 e. The minimum atomic E-state index is -1.08. The molecular formula is C15H20BrN5O2. The number of carbonyl (C=O) groups is 1. The molecule has 0 aliphatic carbocycles. The molecule has 8 heteroatoms. The number of hydrogen-bond donors (Lipinski definition) is 4. The number of nitrogens with one attached hydrogen (secondary N) is 2. The number of pyridine rings is 1. The number of nitrogens with two attached hydrogens (primary N) is 1. The first kappa shape index (κ1) is 16.2. The van der Waals surface area contributed by atoms with E-state index in [1.54, 1.807) is 12.4 Å². The van der Waals surface area contributed by atoms with Crippen LogP contribution in [0.1, 0.15) is 19.8 Å². The van der Waals surface area contributed by atoms with Crippen molar-refractivity contribution in [2.24, 2.45) is 5.73 Å². The minimum Gasteiger partial charge on any atom is -0.384 e. The predicted octanol–water partition coefficient (Wildman–Crippen LogP) is 1.57. The number of aliphatic hydroxyl groups is 1. The van der Waals surface area contributed by atoms with E-state index in [0.717, 1.165) is 41.5 Å². The van der Waals surface area contributed by atoms with Crippen molar-refractivity contribution in [3.05, 3.63) is 16.9 Å². The van der Waals surface area contributed by atoms with Gasteiger partial charge in [0.15, 0.2) is 0 Å². The van der Waals surface area contributed by atoms with Crippen molar-refractivity contribution in [2.45, 2.75) is 31.9 Å². The van der Waals surface area contributed by atoms with Crippen LogP contribution < -0.4 is 16.0 Å². The molecule has 0 bridgehead atoms. The molecule has 1 aliphatic heterocycles.